The van der Waals surface area contributed by atoms with E-state index in [4.69, 9.17) is 5.73 Å². The molecule has 1 aliphatic rings. The van der Waals surface area contributed by atoms with E-state index < -0.39 is 15.8 Å². The van der Waals surface area contributed by atoms with E-state index in [1.54, 1.807) is 18.7 Å². The lowest BCUT2D eigenvalue weighted by molar-refractivity contribution is -0.132. The fraction of sp³-hybridized carbons (Fsp3) is 0.867. The Kier molecular flexibility index (Phi) is 11.2. The van der Waals surface area contributed by atoms with Gasteiger partial charge in [-0.2, -0.15) is 0 Å². The Hall–Kier alpha value is -0.900. The Labute approximate surface area is 156 Å². The summed E-state index contributed by atoms with van der Waals surface area (Å²) in [6.45, 7) is 5.36. The minimum Gasteiger partial charge on any atom is -0.354 e. The van der Waals surface area contributed by atoms with Crippen molar-refractivity contribution in [2.45, 2.75) is 45.6 Å². The van der Waals surface area contributed by atoms with Crippen LogP contribution in [0.5, 0.6) is 0 Å². The van der Waals surface area contributed by atoms with Crippen molar-refractivity contribution >= 4 is 34.2 Å². The van der Waals surface area contributed by atoms with E-state index in [2.05, 4.69) is 5.32 Å². The van der Waals surface area contributed by atoms with E-state index in [1.807, 2.05) is 0 Å². The lowest BCUT2D eigenvalue weighted by Gasteiger charge is -2.36. The predicted octanol–water partition coefficient (Wildman–Crippen LogP) is -0.0741. The zero-order chi connectivity index (χ0) is 18.2. The number of rotatable bonds is 9. The van der Waals surface area contributed by atoms with Crippen molar-refractivity contribution in [1.29, 1.82) is 0 Å². The van der Waals surface area contributed by atoms with Crippen LogP contribution in [0.4, 0.5) is 0 Å². The number of amides is 2. The van der Waals surface area contributed by atoms with Crippen LogP contribution in [0.3, 0.4) is 0 Å². The summed E-state index contributed by atoms with van der Waals surface area (Å²) in [4.78, 5) is 25.7. The first-order chi connectivity index (χ1) is 11.4. The maximum absolute atomic E-state index is 12.5. The van der Waals surface area contributed by atoms with E-state index in [9.17, 15) is 18.0 Å². The highest BCUT2D eigenvalue weighted by Crippen LogP contribution is 2.17. The van der Waals surface area contributed by atoms with Gasteiger partial charge in [0.1, 0.15) is 5.75 Å². The minimum atomic E-state index is -3.60. The number of hydrogen-bond acceptors (Lipinski definition) is 5. The molecule has 0 aromatic carbocycles. The van der Waals surface area contributed by atoms with E-state index in [0.717, 1.165) is 19.3 Å². The van der Waals surface area contributed by atoms with E-state index in [1.165, 1.54) is 4.31 Å². The van der Waals surface area contributed by atoms with Crippen LogP contribution in [0.15, 0.2) is 0 Å². The molecule has 1 atom stereocenters. The predicted molar refractivity (Wildman–Crippen MR) is 100.0 cm³/mol. The van der Waals surface area contributed by atoms with Gasteiger partial charge in [0, 0.05) is 45.2 Å². The molecule has 0 aromatic rings. The molecule has 0 radical (unpaired) electrons. The molecular formula is C15H31ClN4O4S. The molecule has 1 rings (SSSR count). The molecule has 0 aromatic heterocycles. The van der Waals surface area contributed by atoms with Crippen LogP contribution >= 0.6 is 12.4 Å². The molecule has 10 heteroatoms. The minimum absolute atomic E-state index is 0. The van der Waals surface area contributed by atoms with Crippen LogP contribution in [0.2, 0.25) is 0 Å². The third kappa shape index (κ3) is 7.47. The molecule has 148 valence electrons. The zero-order valence-electron chi connectivity index (χ0n) is 15.1. The van der Waals surface area contributed by atoms with Gasteiger partial charge in [-0.05, 0) is 19.3 Å². The van der Waals surface area contributed by atoms with Gasteiger partial charge in [-0.3, -0.25) is 9.59 Å². The van der Waals surface area contributed by atoms with E-state index >= 15 is 0 Å². The fourth-order valence-electron chi connectivity index (χ4n) is 2.94. The van der Waals surface area contributed by atoms with Crippen LogP contribution in [0, 0.1) is 0 Å². The maximum Gasteiger partial charge on any atom is 0.239 e. The van der Waals surface area contributed by atoms with Crippen molar-refractivity contribution in [2.75, 3.05) is 38.5 Å². The maximum atomic E-state index is 12.5. The quantitative estimate of drug-likeness (QED) is 0.564. The highest BCUT2D eigenvalue weighted by molar-refractivity contribution is 7.89. The summed E-state index contributed by atoms with van der Waals surface area (Å²) in [6.07, 6.45) is 2.82. The first-order valence-electron chi connectivity index (χ1n) is 8.59. The number of carbonyl (C=O) groups is 2. The number of halogens is 1. The molecule has 1 fully saturated rings. The highest BCUT2D eigenvalue weighted by Gasteiger charge is 2.31. The topological polar surface area (TPSA) is 113 Å². The van der Waals surface area contributed by atoms with Gasteiger partial charge in [-0.1, -0.05) is 13.8 Å². The summed E-state index contributed by atoms with van der Waals surface area (Å²) in [5.74, 6) is -1.05. The summed E-state index contributed by atoms with van der Waals surface area (Å²) < 4.78 is 25.9. The number of carbonyl (C=O) groups excluding carboxylic acids is 2. The van der Waals surface area contributed by atoms with Crippen LogP contribution in [-0.4, -0.2) is 74.0 Å². The number of sulfonamides is 1. The third-order valence-corrected chi connectivity index (χ3v) is 6.17. The molecule has 1 heterocycles. The third-order valence-electron chi connectivity index (χ3n) is 4.26. The second kappa shape index (κ2) is 11.7. The van der Waals surface area contributed by atoms with Crippen molar-refractivity contribution in [3.05, 3.63) is 0 Å². The molecule has 1 aliphatic heterocycles. The molecule has 1 unspecified atom stereocenters. The Balaban J connectivity index is 0.00000576. The van der Waals surface area contributed by atoms with Gasteiger partial charge in [0.25, 0.3) is 0 Å². The molecule has 0 saturated carbocycles. The van der Waals surface area contributed by atoms with Crippen LogP contribution in [0.1, 0.15) is 39.5 Å². The zero-order valence-corrected chi connectivity index (χ0v) is 16.7. The summed E-state index contributed by atoms with van der Waals surface area (Å²) in [7, 11) is -3.60. The molecular weight excluding hydrogens is 368 g/mol. The highest BCUT2D eigenvalue weighted by atomic mass is 35.5. The number of piperidine rings is 1. The number of nitrogens with two attached hydrogens (primary N) is 1. The summed E-state index contributed by atoms with van der Waals surface area (Å²) in [6, 6.07) is -0.153. The summed E-state index contributed by atoms with van der Waals surface area (Å²) in [5.41, 5.74) is 5.34. The molecule has 8 nitrogen and oxygen atoms in total. The summed E-state index contributed by atoms with van der Waals surface area (Å²) >= 11 is 0. The Bertz CT molecular complexity index is 526. The second-order valence-corrected chi connectivity index (χ2v) is 7.89. The van der Waals surface area contributed by atoms with Crippen LogP contribution in [-0.2, 0) is 19.6 Å². The van der Waals surface area contributed by atoms with Gasteiger partial charge < -0.3 is 16.0 Å². The average molecular weight is 399 g/mol. The van der Waals surface area contributed by atoms with Crippen molar-refractivity contribution in [1.82, 2.24) is 14.5 Å². The molecule has 0 bridgehead atoms. The molecule has 3 N–H and O–H groups in total. The number of nitrogens with one attached hydrogen (secondary N) is 1. The van der Waals surface area contributed by atoms with E-state index in [-0.39, 0.29) is 43.2 Å². The first kappa shape index (κ1) is 24.1. The SMILES string of the molecule is CCN(CC)S(=O)(=O)CC(=O)N1CCCCC1CNC(=O)CCN.Cl. The Morgan fingerprint density at radius 2 is 1.88 bits per heavy atom. The van der Waals surface area contributed by atoms with Gasteiger partial charge in [0.2, 0.25) is 21.8 Å². The van der Waals surface area contributed by atoms with Crippen LogP contribution < -0.4 is 11.1 Å². The van der Waals surface area contributed by atoms with Gasteiger partial charge >= 0.3 is 0 Å². The lowest BCUT2D eigenvalue weighted by Crippen LogP contribution is -2.52. The van der Waals surface area contributed by atoms with Crippen molar-refractivity contribution in [3.8, 4) is 0 Å². The molecule has 2 amide bonds. The second-order valence-electron chi connectivity index (χ2n) is 5.92. The molecule has 25 heavy (non-hydrogen) atoms. The smallest absolute Gasteiger partial charge is 0.239 e. The van der Waals surface area contributed by atoms with Crippen molar-refractivity contribution < 1.29 is 18.0 Å². The van der Waals surface area contributed by atoms with Gasteiger partial charge in [-0.25, -0.2) is 12.7 Å². The van der Waals surface area contributed by atoms with Gasteiger partial charge in [0.15, 0.2) is 0 Å². The molecule has 0 spiro atoms. The monoisotopic (exact) mass is 398 g/mol. The first-order valence-corrected chi connectivity index (χ1v) is 10.2. The standard InChI is InChI=1S/C15H30N4O4S.ClH/c1-3-18(4-2)24(22,23)12-15(21)19-10-6-5-7-13(19)11-17-14(20)8-9-16;/h13H,3-12,16H2,1-2H3,(H,17,20);1H. The average Bonchev–Trinajstić information content (AvgIpc) is 2.53. The Morgan fingerprint density at radius 3 is 2.44 bits per heavy atom. The van der Waals surface area contributed by atoms with Gasteiger partial charge in [0.05, 0.1) is 0 Å². The van der Waals surface area contributed by atoms with Crippen LogP contribution in [0.25, 0.3) is 0 Å². The fourth-order valence-corrected chi connectivity index (χ4v) is 4.39. The van der Waals surface area contributed by atoms with E-state index in [0.29, 0.717) is 26.2 Å². The molecule has 0 aliphatic carbocycles. The molecule has 1 saturated heterocycles. The number of likely N-dealkylation sites (tertiary alicyclic amines) is 1. The Morgan fingerprint density at radius 1 is 1.24 bits per heavy atom. The van der Waals surface area contributed by atoms with Gasteiger partial charge in [-0.15, -0.1) is 12.4 Å². The van der Waals surface area contributed by atoms with Crippen molar-refractivity contribution in [3.63, 3.8) is 0 Å². The number of nitrogens with zero attached hydrogens (tertiary/aromatic N) is 2. The summed E-state index contributed by atoms with van der Waals surface area (Å²) in [5, 5.41) is 2.77. The lowest BCUT2D eigenvalue weighted by atomic mass is 10.0. The van der Waals surface area contributed by atoms with Crippen molar-refractivity contribution in [2.24, 2.45) is 5.73 Å². The normalized spacial score (nSPS) is 17.9. The largest absolute Gasteiger partial charge is 0.354 e. The number of hydrogen-bond donors (Lipinski definition) is 2.